The lowest BCUT2D eigenvalue weighted by molar-refractivity contribution is -0.121. The number of aryl methyl sites for hydroxylation is 1. The molecule has 3 aromatic rings. The molecule has 0 unspecified atom stereocenters. The molecule has 0 radical (unpaired) electrons. The Hall–Kier alpha value is -2.74. The van der Waals surface area contributed by atoms with Gasteiger partial charge in [0.2, 0.25) is 11.5 Å². The van der Waals surface area contributed by atoms with Gasteiger partial charge in [0.15, 0.2) is 11.5 Å². The molecule has 3 aromatic heterocycles. The molecule has 4 atom stereocenters. The molecule has 5 N–H and O–H groups in total. The zero-order valence-electron chi connectivity index (χ0n) is 13.7. The smallest absolute Gasteiger partial charge is 0.242 e. The van der Waals surface area contributed by atoms with Crippen LogP contribution in [0.15, 0.2) is 12.7 Å². The summed E-state index contributed by atoms with van der Waals surface area (Å²) < 4.78 is 7.21. The van der Waals surface area contributed by atoms with Crippen LogP contribution in [0, 0.1) is 0 Å². The van der Waals surface area contributed by atoms with Gasteiger partial charge in [-0.25, -0.2) is 15.0 Å². The Morgan fingerprint density at radius 1 is 1.31 bits per heavy atom. The zero-order valence-corrected chi connectivity index (χ0v) is 13.7. The summed E-state index contributed by atoms with van der Waals surface area (Å²) in [7, 11) is 0. The fraction of sp³-hybridized carbons (Fsp3) is 0.538. The minimum Gasteiger partial charge on any atom is -0.394 e. The van der Waals surface area contributed by atoms with E-state index in [0.717, 1.165) is 0 Å². The highest BCUT2D eigenvalue weighted by Gasteiger charge is 2.60. The number of nitrogen functional groups attached to an aromatic ring is 1. The molecule has 0 aliphatic carbocycles. The van der Waals surface area contributed by atoms with Crippen LogP contribution in [0.4, 0.5) is 5.82 Å². The molecule has 4 rings (SSSR count). The lowest BCUT2D eigenvalue weighted by Crippen LogP contribution is -2.47. The normalized spacial score (nSPS) is 28.8. The first kappa shape index (κ1) is 16.7. The number of aromatic nitrogens is 8. The summed E-state index contributed by atoms with van der Waals surface area (Å²) in [5.41, 5.74) is 4.56. The molecule has 0 saturated carbocycles. The Balaban J connectivity index is 1.98. The Morgan fingerprint density at radius 3 is 2.77 bits per heavy atom. The molecule has 1 saturated heterocycles. The molecule has 13 nitrogen and oxygen atoms in total. The van der Waals surface area contributed by atoms with Gasteiger partial charge in [-0.1, -0.05) is 0 Å². The van der Waals surface area contributed by atoms with Crippen LogP contribution in [0.1, 0.15) is 12.7 Å². The molecule has 26 heavy (non-hydrogen) atoms. The lowest BCUT2D eigenvalue weighted by Gasteiger charge is -2.30. The molecule has 138 valence electrons. The Labute approximate surface area is 146 Å². The van der Waals surface area contributed by atoms with E-state index in [1.807, 2.05) is 6.92 Å². The fourth-order valence-corrected chi connectivity index (χ4v) is 3.06. The summed E-state index contributed by atoms with van der Waals surface area (Å²) in [4.78, 5) is 13.5. The van der Waals surface area contributed by atoms with E-state index >= 15 is 0 Å². The number of nitrogens with zero attached hydrogens (tertiary/aromatic N) is 8. The predicted molar refractivity (Wildman–Crippen MR) is 84.3 cm³/mol. The van der Waals surface area contributed by atoms with Crippen LogP contribution < -0.4 is 5.73 Å². The van der Waals surface area contributed by atoms with E-state index in [9.17, 15) is 15.3 Å². The van der Waals surface area contributed by atoms with E-state index in [1.165, 1.54) is 22.0 Å². The molecule has 0 amide bonds. The lowest BCUT2D eigenvalue weighted by atomic mass is 10.0. The van der Waals surface area contributed by atoms with Gasteiger partial charge in [-0.3, -0.25) is 4.57 Å². The predicted octanol–water partition coefficient (Wildman–Crippen LogP) is -2.77. The SMILES string of the molecule is CCn1nnc([C@@]2(n3cnc4c(N)ncnc43)O[C@H](CO)[C@@H](O)[C@H]2O)n1. The minimum absolute atomic E-state index is 0.0154. The van der Waals surface area contributed by atoms with Crippen molar-refractivity contribution in [2.24, 2.45) is 0 Å². The Morgan fingerprint density at radius 2 is 2.12 bits per heavy atom. The first-order chi connectivity index (χ1) is 12.5. The van der Waals surface area contributed by atoms with Crippen molar-refractivity contribution in [3.8, 4) is 0 Å². The number of nitrogens with two attached hydrogens (primary N) is 1. The van der Waals surface area contributed by atoms with Crippen molar-refractivity contribution in [3.05, 3.63) is 18.5 Å². The molecule has 0 spiro atoms. The van der Waals surface area contributed by atoms with Gasteiger partial charge in [0.05, 0.1) is 13.2 Å². The third-order valence-corrected chi connectivity index (χ3v) is 4.39. The number of anilines is 1. The van der Waals surface area contributed by atoms with Crippen LogP contribution >= 0.6 is 0 Å². The van der Waals surface area contributed by atoms with Crippen LogP contribution in [-0.4, -0.2) is 80.0 Å². The van der Waals surface area contributed by atoms with Gasteiger partial charge >= 0.3 is 0 Å². The number of imidazole rings is 1. The molecule has 0 aromatic carbocycles. The summed E-state index contributed by atoms with van der Waals surface area (Å²) >= 11 is 0. The molecular formula is C13H17N9O4. The van der Waals surface area contributed by atoms with Crippen LogP contribution in [0.3, 0.4) is 0 Å². The van der Waals surface area contributed by atoms with E-state index in [4.69, 9.17) is 10.5 Å². The average Bonchev–Trinajstić information content (AvgIpc) is 3.35. The highest BCUT2D eigenvalue weighted by molar-refractivity contribution is 5.81. The summed E-state index contributed by atoms with van der Waals surface area (Å²) in [6, 6.07) is 0. The molecule has 1 fully saturated rings. The second-order valence-electron chi connectivity index (χ2n) is 5.82. The van der Waals surface area contributed by atoms with E-state index in [1.54, 1.807) is 0 Å². The van der Waals surface area contributed by atoms with Gasteiger partial charge in [0, 0.05) is 0 Å². The summed E-state index contributed by atoms with van der Waals surface area (Å²) in [6.07, 6.45) is -1.43. The maximum absolute atomic E-state index is 10.8. The van der Waals surface area contributed by atoms with Crippen LogP contribution in [0.25, 0.3) is 11.2 Å². The van der Waals surface area contributed by atoms with Crippen molar-refractivity contribution >= 4 is 17.0 Å². The van der Waals surface area contributed by atoms with Crippen LogP contribution in [0.5, 0.6) is 0 Å². The van der Waals surface area contributed by atoms with Crippen molar-refractivity contribution in [1.82, 2.24) is 39.7 Å². The minimum atomic E-state index is -1.80. The highest BCUT2D eigenvalue weighted by atomic mass is 16.6. The second-order valence-corrected chi connectivity index (χ2v) is 5.82. The largest absolute Gasteiger partial charge is 0.394 e. The number of fused-ring (bicyclic) bond motifs is 1. The van der Waals surface area contributed by atoms with Crippen LogP contribution in [0.2, 0.25) is 0 Å². The maximum atomic E-state index is 10.8. The average molecular weight is 363 g/mol. The van der Waals surface area contributed by atoms with E-state index < -0.39 is 30.6 Å². The Bertz CT molecular complexity index is 943. The van der Waals surface area contributed by atoms with Crippen molar-refractivity contribution < 1.29 is 20.1 Å². The van der Waals surface area contributed by atoms with Crippen molar-refractivity contribution in [2.75, 3.05) is 12.3 Å². The number of hydrogen-bond acceptors (Lipinski definition) is 11. The molecule has 0 bridgehead atoms. The maximum Gasteiger partial charge on any atom is 0.242 e. The van der Waals surface area contributed by atoms with E-state index in [0.29, 0.717) is 6.54 Å². The fourth-order valence-electron chi connectivity index (χ4n) is 3.06. The van der Waals surface area contributed by atoms with E-state index in [2.05, 4.69) is 30.4 Å². The summed E-state index contributed by atoms with van der Waals surface area (Å²) in [6.45, 7) is 1.73. The first-order valence-electron chi connectivity index (χ1n) is 7.90. The Kier molecular flexibility index (Phi) is 3.80. The van der Waals surface area contributed by atoms with Gasteiger partial charge in [-0.05, 0) is 12.1 Å². The van der Waals surface area contributed by atoms with Gasteiger partial charge in [0.25, 0.3) is 0 Å². The summed E-state index contributed by atoms with van der Waals surface area (Å²) in [5, 5.41) is 42.7. The molecule has 1 aliphatic heterocycles. The topological polar surface area (TPSA) is 183 Å². The van der Waals surface area contributed by atoms with Crippen molar-refractivity contribution in [2.45, 2.75) is 37.5 Å². The van der Waals surface area contributed by atoms with E-state index in [-0.39, 0.29) is 22.8 Å². The first-order valence-corrected chi connectivity index (χ1v) is 7.90. The third-order valence-electron chi connectivity index (χ3n) is 4.39. The molecule has 13 heteroatoms. The molecule has 4 heterocycles. The van der Waals surface area contributed by atoms with Crippen molar-refractivity contribution in [3.63, 3.8) is 0 Å². The van der Waals surface area contributed by atoms with Gasteiger partial charge in [-0.2, -0.15) is 4.80 Å². The highest BCUT2D eigenvalue weighted by Crippen LogP contribution is 2.41. The standard InChI is InChI=1S/C13H17N9O4/c1-2-22-19-12(18-20-22)13(9(25)8(24)6(3-23)26-13)21-5-17-7-10(14)15-4-16-11(7)21/h4-6,8-9,23-25H,2-3H2,1H3,(H2,14,15,16)/t6-,8-,9-,13+/m1/s1. The number of ether oxygens (including phenoxy) is 1. The van der Waals surface area contributed by atoms with Crippen molar-refractivity contribution in [1.29, 1.82) is 0 Å². The summed E-state index contributed by atoms with van der Waals surface area (Å²) in [5.74, 6) is 0.124. The number of tetrazole rings is 1. The monoisotopic (exact) mass is 363 g/mol. The number of hydrogen-bond donors (Lipinski definition) is 4. The van der Waals surface area contributed by atoms with Gasteiger partial charge in [0.1, 0.15) is 36.5 Å². The zero-order chi connectivity index (χ0) is 18.5. The van der Waals surface area contributed by atoms with Gasteiger partial charge in [-0.15, -0.1) is 10.2 Å². The molecular weight excluding hydrogens is 346 g/mol. The van der Waals surface area contributed by atoms with Crippen LogP contribution in [-0.2, 0) is 17.0 Å². The quantitative estimate of drug-likeness (QED) is 0.376. The number of aliphatic hydroxyl groups is 3. The second kappa shape index (κ2) is 5.91. The molecule has 1 aliphatic rings. The number of aliphatic hydroxyl groups excluding tert-OH is 3. The third kappa shape index (κ3) is 2.11. The van der Waals surface area contributed by atoms with Gasteiger partial charge < -0.3 is 25.8 Å². The number of rotatable bonds is 4.